The molecule has 0 fully saturated rings. The highest BCUT2D eigenvalue weighted by Crippen LogP contribution is 2.20. The van der Waals surface area contributed by atoms with E-state index in [1.807, 2.05) is 0 Å². The second-order valence-corrected chi connectivity index (χ2v) is 6.09. The van der Waals surface area contributed by atoms with Gasteiger partial charge in [-0.3, -0.25) is 0 Å². The topological polar surface area (TPSA) is 33.1 Å². The molecule has 0 saturated heterocycles. The van der Waals surface area contributed by atoms with E-state index in [4.69, 9.17) is 4.98 Å². The molecule has 1 heterocycles. The highest BCUT2D eigenvalue weighted by Gasteiger charge is 2.09. The lowest BCUT2D eigenvalue weighted by molar-refractivity contribution is 0.303. The number of benzene rings is 1. The third kappa shape index (κ3) is 4.96. The Hall–Kier alpha value is -1.55. The predicted octanol–water partition coefficient (Wildman–Crippen LogP) is 4.37. The van der Waals surface area contributed by atoms with Gasteiger partial charge in [0.05, 0.1) is 11.0 Å². The fraction of sp³-hybridized carbons (Fsp3) is 0.632. The number of hydrogen-bond donors (Lipinski definition) is 1. The number of aromatic nitrogens is 2. The first-order chi connectivity index (χ1) is 11.3. The molecule has 1 aromatic carbocycles. The highest BCUT2D eigenvalue weighted by atomic mass is 15.2. The van der Waals surface area contributed by atoms with Gasteiger partial charge in [0.2, 0.25) is 5.95 Å². The van der Waals surface area contributed by atoms with Gasteiger partial charge < -0.3 is 14.8 Å². The summed E-state index contributed by atoms with van der Waals surface area (Å²) in [5.74, 6) is 1.03. The molecule has 0 unspecified atom stereocenters. The van der Waals surface area contributed by atoms with Gasteiger partial charge in [-0.1, -0.05) is 45.7 Å². The molecule has 0 aliphatic carbocycles. The summed E-state index contributed by atoms with van der Waals surface area (Å²) in [6.07, 6.45) is 4.89. The van der Waals surface area contributed by atoms with E-state index in [1.165, 1.54) is 24.8 Å². The fourth-order valence-electron chi connectivity index (χ4n) is 3.00. The van der Waals surface area contributed by atoms with Crippen molar-refractivity contribution in [2.24, 2.45) is 0 Å². The lowest BCUT2D eigenvalue weighted by atomic mass is 10.2. The number of imidazole rings is 1. The third-order valence-corrected chi connectivity index (χ3v) is 4.47. The molecule has 1 aromatic heterocycles. The highest BCUT2D eigenvalue weighted by molar-refractivity contribution is 5.78. The van der Waals surface area contributed by atoms with E-state index in [0.717, 1.165) is 50.6 Å². The van der Waals surface area contributed by atoms with Crippen molar-refractivity contribution < 1.29 is 0 Å². The molecule has 0 amide bonds. The Bertz CT molecular complexity index is 572. The van der Waals surface area contributed by atoms with Crippen LogP contribution in [-0.2, 0) is 6.54 Å². The zero-order chi connectivity index (χ0) is 16.5. The van der Waals surface area contributed by atoms with Gasteiger partial charge in [0.25, 0.3) is 0 Å². The number of para-hydroxylation sites is 2. The van der Waals surface area contributed by atoms with E-state index in [2.05, 4.69) is 59.8 Å². The number of nitrogens with one attached hydrogen (secondary N) is 1. The second kappa shape index (κ2) is 9.56. The minimum Gasteiger partial charge on any atom is -0.356 e. The molecular weight excluding hydrogens is 284 g/mol. The molecule has 1 N–H and O–H groups in total. The van der Waals surface area contributed by atoms with Crippen LogP contribution in [0.25, 0.3) is 11.0 Å². The van der Waals surface area contributed by atoms with Gasteiger partial charge in [-0.15, -0.1) is 0 Å². The number of rotatable bonds is 11. The SMILES string of the molecule is CCCCCn1c(NCCCN(CC)CC)nc2ccccc21. The molecule has 0 bridgehead atoms. The summed E-state index contributed by atoms with van der Waals surface area (Å²) in [6, 6.07) is 8.45. The smallest absolute Gasteiger partial charge is 0.203 e. The van der Waals surface area contributed by atoms with Crippen LogP contribution in [0.2, 0.25) is 0 Å². The molecule has 128 valence electrons. The number of nitrogens with zero attached hydrogens (tertiary/aromatic N) is 3. The average molecular weight is 316 g/mol. The lowest BCUT2D eigenvalue weighted by Crippen LogP contribution is -2.25. The third-order valence-electron chi connectivity index (χ3n) is 4.47. The minimum atomic E-state index is 0.980. The monoisotopic (exact) mass is 316 g/mol. The van der Waals surface area contributed by atoms with Crippen molar-refractivity contribution >= 4 is 17.0 Å². The van der Waals surface area contributed by atoms with Crippen LogP contribution in [0.4, 0.5) is 5.95 Å². The Kier molecular flexibility index (Phi) is 7.40. The summed E-state index contributed by atoms with van der Waals surface area (Å²) in [5, 5.41) is 3.56. The molecule has 4 nitrogen and oxygen atoms in total. The van der Waals surface area contributed by atoms with Crippen molar-refractivity contribution in [3.05, 3.63) is 24.3 Å². The average Bonchev–Trinajstić information content (AvgIpc) is 2.93. The van der Waals surface area contributed by atoms with Crippen LogP contribution in [0.15, 0.2) is 24.3 Å². The molecule has 2 aromatic rings. The van der Waals surface area contributed by atoms with Crippen LogP contribution in [-0.4, -0.2) is 40.6 Å². The van der Waals surface area contributed by atoms with Crippen molar-refractivity contribution in [3.63, 3.8) is 0 Å². The summed E-state index contributed by atoms with van der Waals surface area (Å²) in [7, 11) is 0. The number of fused-ring (bicyclic) bond motifs is 1. The summed E-state index contributed by atoms with van der Waals surface area (Å²) in [6.45, 7) is 12.1. The van der Waals surface area contributed by atoms with Gasteiger partial charge in [0, 0.05) is 13.1 Å². The van der Waals surface area contributed by atoms with E-state index in [-0.39, 0.29) is 0 Å². The Morgan fingerprint density at radius 2 is 1.83 bits per heavy atom. The van der Waals surface area contributed by atoms with Gasteiger partial charge in [-0.2, -0.15) is 0 Å². The summed E-state index contributed by atoms with van der Waals surface area (Å²) in [4.78, 5) is 7.25. The first-order valence-corrected chi connectivity index (χ1v) is 9.21. The summed E-state index contributed by atoms with van der Waals surface area (Å²) in [5.41, 5.74) is 2.34. The normalized spacial score (nSPS) is 11.5. The van der Waals surface area contributed by atoms with Crippen LogP contribution >= 0.6 is 0 Å². The summed E-state index contributed by atoms with van der Waals surface area (Å²) < 4.78 is 2.35. The van der Waals surface area contributed by atoms with Gasteiger partial charge in [-0.05, 0) is 44.6 Å². The largest absolute Gasteiger partial charge is 0.356 e. The maximum absolute atomic E-state index is 4.79. The fourth-order valence-corrected chi connectivity index (χ4v) is 3.00. The van der Waals surface area contributed by atoms with Crippen molar-refractivity contribution in [2.75, 3.05) is 31.5 Å². The van der Waals surface area contributed by atoms with Crippen molar-refractivity contribution in [3.8, 4) is 0 Å². The maximum Gasteiger partial charge on any atom is 0.203 e. The molecule has 0 atom stereocenters. The van der Waals surface area contributed by atoms with Gasteiger partial charge in [-0.25, -0.2) is 4.98 Å². The Balaban J connectivity index is 1.99. The Morgan fingerprint density at radius 3 is 2.57 bits per heavy atom. The molecule has 2 rings (SSSR count). The van der Waals surface area contributed by atoms with E-state index < -0.39 is 0 Å². The molecule has 0 aliphatic heterocycles. The minimum absolute atomic E-state index is 0.980. The zero-order valence-electron chi connectivity index (χ0n) is 15.0. The van der Waals surface area contributed by atoms with Crippen LogP contribution < -0.4 is 5.32 Å². The van der Waals surface area contributed by atoms with Gasteiger partial charge >= 0.3 is 0 Å². The molecular formula is C19H32N4. The Labute approximate surface area is 140 Å². The molecule has 0 spiro atoms. The second-order valence-electron chi connectivity index (χ2n) is 6.09. The van der Waals surface area contributed by atoms with Crippen LogP contribution in [0.1, 0.15) is 46.5 Å². The molecule has 0 saturated carbocycles. The van der Waals surface area contributed by atoms with Crippen molar-refractivity contribution in [1.29, 1.82) is 0 Å². The van der Waals surface area contributed by atoms with E-state index in [0.29, 0.717) is 0 Å². The number of aryl methyl sites for hydroxylation is 1. The first kappa shape index (κ1) is 17.8. The molecule has 0 aliphatic rings. The van der Waals surface area contributed by atoms with E-state index in [9.17, 15) is 0 Å². The molecule has 4 heteroatoms. The van der Waals surface area contributed by atoms with Crippen LogP contribution in [0, 0.1) is 0 Å². The maximum atomic E-state index is 4.79. The number of anilines is 1. The van der Waals surface area contributed by atoms with Crippen LogP contribution in [0.3, 0.4) is 0 Å². The first-order valence-electron chi connectivity index (χ1n) is 9.21. The van der Waals surface area contributed by atoms with Crippen molar-refractivity contribution in [1.82, 2.24) is 14.5 Å². The quantitative estimate of drug-likeness (QED) is 0.625. The number of unbranched alkanes of at least 4 members (excludes halogenated alkanes) is 2. The number of hydrogen-bond acceptors (Lipinski definition) is 3. The zero-order valence-corrected chi connectivity index (χ0v) is 15.0. The Morgan fingerprint density at radius 1 is 1.04 bits per heavy atom. The van der Waals surface area contributed by atoms with E-state index >= 15 is 0 Å². The van der Waals surface area contributed by atoms with Gasteiger partial charge in [0.15, 0.2) is 0 Å². The van der Waals surface area contributed by atoms with E-state index in [1.54, 1.807) is 0 Å². The summed E-state index contributed by atoms with van der Waals surface area (Å²) >= 11 is 0. The predicted molar refractivity (Wildman–Crippen MR) is 100 cm³/mol. The molecule has 23 heavy (non-hydrogen) atoms. The standard InChI is InChI=1S/C19H32N4/c1-4-7-10-16-23-18-13-9-8-12-17(18)21-19(23)20-14-11-15-22(5-2)6-3/h8-9,12-13H,4-7,10-11,14-16H2,1-3H3,(H,20,21). The molecule has 0 radical (unpaired) electrons. The van der Waals surface area contributed by atoms with Crippen molar-refractivity contribution in [2.45, 2.75) is 53.0 Å². The lowest BCUT2D eigenvalue weighted by Gasteiger charge is -2.18. The van der Waals surface area contributed by atoms with Crippen LogP contribution in [0.5, 0.6) is 0 Å². The van der Waals surface area contributed by atoms with Gasteiger partial charge in [0.1, 0.15) is 0 Å².